The van der Waals surface area contributed by atoms with Crippen molar-refractivity contribution in [3.8, 4) is 28.7 Å². The predicted molar refractivity (Wildman–Crippen MR) is 83.2 cm³/mol. The molecule has 22 heavy (non-hydrogen) atoms. The second-order valence-corrected chi connectivity index (χ2v) is 4.60. The van der Waals surface area contributed by atoms with Gasteiger partial charge in [0, 0.05) is 6.07 Å². The van der Waals surface area contributed by atoms with E-state index in [1.165, 1.54) is 0 Å². The lowest BCUT2D eigenvalue weighted by atomic mass is 10.3. The van der Waals surface area contributed by atoms with Gasteiger partial charge >= 0.3 is 0 Å². The summed E-state index contributed by atoms with van der Waals surface area (Å²) in [7, 11) is 3.27. The molecule has 0 fully saturated rings. The van der Waals surface area contributed by atoms with Crippen LogP contribution in [0.15, 0.2) is 60.9 Å². The summed E-state index contributed by atoms with van der Waals surface area (Å²) in [5, 5.41) is 4.30. The van der Waals surface area contributed by atoms with Crippen molar-refractivity contribution in [1.82, 2.24) is 9.78 Å². The lowest BCUT2D eigenvalue weighted by Crippen LogP contribution is -1.94. The third-order valence-corrected chi connectivity index (χ3v) is 3.17. The Labute approximate surface area is 128 Å². The van der Waals surface area contributed by atoms with E-state index in [-0.39, 0.29) is 0 Å². The molecule has 0 unspecified atom stereocenters. The first-order chi connectivity index (χ1) is 10.8. The van der Waals surface area contributed by atoms with E-state index < -0.39 is 0 Å². The van der Waals surface area contributed by atoms with Crippen molar-refractivity contribution < 1.29 is 14.2 Å². The number of benzene rings is 2. The molecule has 5 nitrogen and oxygen atoms in total. The molecule has 0 aliphatic heterocycles. The van der Waals surface area contributed by atoms with Crippen LogP contribution in [0.25, 0.3) is 5.69 Å². The molecule has 3 aromatic rings. The second-order valence-electron chi connectivity index (χ2n) is 4.60. The Morgan fingerprint density at radius 2 is 1.55 bits per heavy atom. The fraction of sp³-hybridized carbons (Fsp3) is 0.118. The van der Waals surface area contributed by atoms with Crippen LogP contribution in [-0.4, -0.2) is 24.0 Å². The maximum Gasteiger partial charge on any atom is 0.165 e. The highest BCUT2D eigenvalue weighted by Gasteiger charge is 2.04. The first kappa shape index (κ1) is 14.0. The van der Waals surface area contributed by atoms with Gasteiger partial charge in [-0.1, -0.05) is 6.07 Å². The van der Waals surface area contributed by atoms with Gasteiger partial charge in [0.25, 0.3) is 0 Å². The molecule has 1 aromatic heterocycles. The Balaban J connectivity index is 1.77. The first-order valence-corrected chi connectivity index (χ1v) is 6.79. The predicted octanol–water partition coefficient (Wildman–Crippen LogP) is 3.68. The van der Waals surface area contributed by atoms with E-state index in [1.807, 2.05) is 54.7 Å². The van der Waals surface area contributed by atoms with Crippen molar-refractivity contribution in [3.63, 3.8) is 0 Å². The third-order valence-electron chi connectivity index (χ3n) is 3.17. The molecule has 3 rings (SSSR count). The van der Waals surface area contributed by atoms with E-state index in [1.54, 1.807) is 25.1 Å². The summed E-state index contributed by atoms with van der Waals surface area (Å²) in [6.07, 6.45) is 3.49. The number of rotatable bonds is 5. The molecule has 0 bridgehead atoms. The van der Waals surface area contributed by atoms with Crippen molar-refractivity contribution in [2.75, 3.05) is 14.2 Å². The molecule has 0 N–H and O–H groups in total. The van der Waals surface area contributed by atoms with Crippen LogP contribution in [-0.2, 0) is 0 Å². The molecule has 0 aliphatic carbocycles. The Morgan fingerprint density at radius 3 is 2.27 bits per heavy atom. The molecular formula is C17H16N2O3. The molecule has 1 heterocycles. The van der Waals surface area contributed by atoms with Crippen LogP contribution in [0, 0.1) is 0 Å². The molecule has 0 radical (unpaired) electrons. The van der Waals surface area contributed by atoms with Crippen molar-refractivity contribution in [2.24, 2.45) is 0 Å². The minimum absolute atomic E-state index is 0.660. The zero-order chi connectivity index (χ0) is 15.4. The summed E-state index contributed by atoms with van der Waals surface area (Å²) < 4.78 is 17.8. The van der Waals surface area contributed by atoms with Crippen molar-refractivity contribution >= 4 is 0 Å². The molecule has 0 saturated heterocycles. The smallest absolute Gasteiger partial charge is 0.165 e. The van der Waals surface area contributed by atoms with Gasteiger partial charge < -0.3 is 14.2 Å². The lowest BCUT2D eigenvalue weighted by Gasteiger charge is -2.05. The average molecular weight is 296 g/mol. The van der Waals surface area contributed by atoms with Crippen LogP contribution in [0.4, 0.5) is 0 Å². The van der Waals surface area contributed by atoms with Crippen LogP contribution in [0.5, 0.6) is 23.0 Å². The highest BCUT2D eigenvalue weighted by atomic mass is 16.5. The SMILES string of the molecule is COc1ccc(Oc2cnn(-c3cccc(OC)c3)c2)cc1. The van der Waals surface area contributed by atoms with Crippen LogP contribution in [0.1, 0.15) is 0 Å². The zero-order valence-corrected chi connectivity index (χ0v) is 12.4. The van der Waals surface area contributed by atoms with Gasteiger partial charge in [-0.15, -0.1) is 0 Å². The van der Waals surface area contributed by atoms with Crippen LogP contribution in [0.3, 0.4) is 0 Å². The Morgan fingerprint density at radius 1 is 0.818 bits per heavy atom. The topological polar surface area (TPSA) is 45.5 Å². The summed E-state index contributed by atoms with van der Waals surface area (Å²) in [6, 6.07) is 15.1. The zero-order valence-electron chi connectivity index (χ0n) is 12.4. The van der Waals surface area contributed by atoms with Crippen LogP contribution >= 0.6 is 0 Å². The minimum Gasteiger partial charge on any atom is -0.497 e. The summed E-state index contributed by atoms with van der Waals surface area (Å²) in [5.74, 6) is 2.96. The molecule has 0 amide bonds. The van der Waals surface area contributed by atoms with Gasteiger partial charge in [-0.05, 0) is 36.4 Å². The first-order valence-electron chi connectivity index (χ1n) is 6.79. The summed E-state index contributed by atoms with van der Waals surface area (Å²) >= 11 is 0. The molecule has 0 aliphatic rings. The van der Waals surface area contributed by atoms with E-state index in [0.717, 1.165) is 22.9 Å². The van der Waals surface area contributed by atoms with E-state index in [9.17, 15) is 0 Å². The highest BCUT2D eigenvalue weighted by molar-refractivity contribution is 5.40. The maximum atomic E-state index is 5.77. The number of methoxy groups -OCH3 is 2. The second kappa shape index (κ2) is 6.22. The number of ether oxygens (including phenoxy) is 3. The average Bonchev–Trinajstić information content (AvgIpc) is 3.04. The van der Waals surface area contributed by atoms with Crippen molar-refractivity contribution in [2.45, 2.75) is 0 Å². The fourth-order valence-electron chi connectivity index (χ4n) is 2.03. The summed E-state index contributed by atoms with van der Waals surface area (Å²) in [5.41, 5.74) is 0.906. The summed E-state index contributed by atoms with van der Waals surface area (Å²) in [6.45, 7) is 0. The molecule has 5 heteroatoms. The largest absolute Gasteiger partial charge is 0.497 e. The van der Waals surface area contributed by atoms with Gasteiger partial charge in [-0.3, -0.25) is 0 Å². The highest BCUT2D eigenvalue weighted by Crippen LogP contribution is 2.24. The number of hydrogen-bond donors (Lipinski definition) is 0. The number of aromatic nitrogens is 2. The van der Waals surface area contributed by atoms with Gasteiger partial charge in [-0.25, -0.2) is 4.68 Å². The molecule has 112 valence electrons. The van der Waals surface area contributed by atoms with Gasteiger partial charge in [0.15, 0.2) is 5.75 Å². The van der Waals surface area contributed by atoms with Crippen LogP contribution < -0.4 is 14.2 Å². The lowest BCUT2D eigenvalue weighted by molar-refractivity contribution is 0.413. The minimum atomic E-state index is 0.660. The number of nitrogens with zero attached hydrogens (tertiary/aromatic N) is 2. The Bertz CT molecular complexity index is 751. The molecule has 0 spiro atoms. The Kier molecular flexibility index (Phi) is 3.96. The molecule has 0 atom stereocenters. The fourth-order valence-corrected chi connectivity index (χ4v) is 2.03. The van der Waals surface area contributed by atoms with Crippen molar-refractivity contribution in [3.05, 3.63) is 60.9 Å². The van der Waals surface area contributed by atoms with E-state index >= 15 is 0 Å². The molecular weight excluding hydrogens is 280 g/mol. The monoisotopic (exact) mass is 296 g/mol. The van der Waals surface area contributed by atoms with Gasteiger partial charge in [0.2, 0.25) is 0 Å². The quantitative estimate of drug-likeness (QED) is 0.720. The van der Waals surface area contributed by atoms with Crippen LogP contribution in [0.2, 0.25) is 0 Å². The van der Waals surface area contributed by atoms with E-state index in [0.29, 0.717) is 5.75 Å². The standard InChI is InChI=1S/C17H16N2O3/c1-20-14-6-8-15(9-7-14)22-17-11-18-19(12-17)13-4-3-5-16(10-13)21-2/h3-12H,1-2H3. The van der Waals surface area contributed by atoms with E-state index in [2.05, 4.69) is 5.10 Å². The number of hydrogen-bond acceptors (Lipinski definition) is 4. The van der Waals surface area contributed by atoms with E-state index in [4.69, 9.17) is 14.2 Å². The van der Waals surface area contributed by atoms with Gasteiger partial charge in [-0.2, -0.15) is 5.10 Å². The Hall–Kier alpha value is -2.95. The van der Waals surface area contributed by atoms with Gasteiger partial charge in [0.1, 0.15) is 17.2 Å². The maximum absolute atomic E-state index is 5.77. The summed E-state index contributed by atoms with van der Waals surface area (Å²) in [4.78, 5) is 0. The molecule has 2 aromatic carbocycles. The van der Waals surface area contributed by atoms with Crippen molar-refractivity contribution in [1.29, 1.82) is 0 Å². The normalized spacial score (nSPS) is 10.3. The van der Waals surface area contributed by atoms with Gasteiger partial charge in [0.05, 0.1) is 32.3 Å². The third kappa shape index (κ3) is 3.03. The molecule has 0 saturated carbocycles.